The van der Waals surface area contributed by atoms with Gasteiger partial charge in [0.15, 0.2) is 0 Å². The number of amides is 2. The molecule has 0 radical (unpaired) electrons. The fraction of sp³-hybridized carbons (Fsp3) is 0.263. The number of hydrogen-bond acceptors (Lipinski definition) is 3. The molecular formula is C19H20FN3O2. The molecule has 1 fully saturated rings. The number of hydrogen-bond donors (Lipinski definition) is 2. The van der Waals surface area contributed by atoms with Crippen molar-refractivity contribution in [2.45, 2.75) is 19.8 Å². The summed E-state index contributed by atoms with van der Waals surface area (Å²) in [6.45, 7) is 3.77. The van der Waals surface area contributed by atoms with Crippen molar-refractivity contribution in [1.82, 2.24) is 0 Å². The van der Waals surface area contributed by atoms with Crippen molar-refractivity contribution in [3.63, 3.8) is 0 Å². The smallest absolute Gasteiger partial charge is 0.257 e. The van der Waals surface area contributed by atoms with Gasteiger partial charge in [0.2, 0.25) is 0 Å². The molecular weight excluding hydrogens is 321 g/mol. The zero-order valence-corrected chi connectivity index (χ0v) is 14.0. The van der Waals surface area contributed by atoms with Crippen LogP contribution >= 0.6 is 0 Å². The van der Waals surface area contributed by atoms with Gasteiger partial charge in [-0.3, -0.25) is 9.59 Å². The van der Waals surface area contributed by atoms with Gasteiger partial charge < -0.3 is 16.0 Å². The van der Waals surface area contributed by atoms with Crippen molar-refractivity contribution in [1.29, 1.82) is 0 Å². The predicted octanol–water partition coefficient (Wildman–Crippen LogP) is 3.09. The van der Waals surface area contributed by atoms with Crippen LogP contribution in [0, 0.1) is 12.7 Å². The van der Waals surface area contributed by atoms with E-state index in [0.717, 1.165) is 43.2 Å². The van der Waals surface area contributed by atoms with Gasteiger partial charge in [-0.1, -0.05) is 11.6 Å². The summed E-state index contributed by atoms with van der Waals surface area (Å²) in [5.74, 6) is -1.88. The van der Waals surface area contributed by atoms with E-state index in [9.17, 15) is 14.0 Å². The van der Waals surface area contributed by atoms with E-state index < -0.39 is 11.7 Å². The molecule has 1 heterocycles. The van der Waals surface area contributed by atoms with E-state index in [0.29, 0.717) is 11.3 Å². The largest absolute Gasteiger partial charge is 0.371 e. The molecule has 2 aromatic rings. The van der Waals surface area contributed by atoms with Crippen molar-refractivity contribution >= 4 is 23.2 Å². The molecule has 0 atom stereocenters. The summed E-state index contributed by atoms with van der Waals surface area (Å²) in [6.07, 6.45) is 2.21. The normalized spacial score (nSPS) is 13.8. The molecule has 0 bridgehead atoms. The van der Waals surface area contributed by atoms with Gasteiger partial charge in [-0.2, -0.15) is 0 Å². The van der Waals surface area contributed by atoms with E-state index in [1.54, 1.807) is 0 Å². The molecule has 1 aliphatic heterocycles. The summed E-state index contributed by atoms with van der Waals surface area (Å²) in [7, 11) is 0. The number of carbonyl (C=O) groups is 2. The van der Waals surface area contributed by atoms with Gasteiger partial charge in [-0.15, -0.1) is 0 Å². The number of halogens is 1. The number of carbonyl (C=O) groups excluding carboxylic acids is 2. The number of benzene rings is 2. The van der Waals surface area contributed by atoms with Crippen LogP contribution in [-0.2, 0) is 0 Å². The maximum absolute atomic E-state index is 13.6. The van der Waals surface area contributed by atoms with Crippen molar-refractivity contribution in [2.75, 3.05) is 23.3 Å². The summed E-state index contributed by atoms with van der Waals surface area (Å²) in [5, 5.41) is 2.73. The van der Waals surface area contributed by atoms with Crippen LogP contribution in [0.2, 0.25) is 0 Å². The minimum Gasteiger partial charge on any atom is -0.371 e. The molecule has 25 heavy (non-hydrogen) atoms. The van der Waals surface area contributed by atoms with E-state index in [2.05, 4.69) is 10.2 Å². The molecule has 0 aliphatic carbocycles. The summed E-state index contributed by atoms with van der Waals surface area (Å²) in [4.78, 5) is 26.2. The molecule has 0 aromatic heterocycles. The number of rotatable bonds is 4. The first-order valence-electron chi connectivity index (χ1n) is 8.22. The minimum atomic E-state index is -0.873. The van der Waals surface area contributed by atoms with E-state index >= 15 is 0 Å². The van der Waals surface area contributed by atoms with Crippen LogP contribution in [0.4, 0.5) is 15.8 Å². The highest BCUT2D eigenvalue weighted by atomic mass is 19.1. The molecule has 2 amide bonds. The lowest BCUT2D eigenvalue weighted by Gasteiger charge is -2.21. The molecule has 1 aliphatic rings. The van der Waals surface area contributed by atoms with Gasteiger partial charge in [0.1, 0.15) is 5.82 Å². The lowest BCUT2D eigenvalue weighted by atomic mass is 10.1. The lowest BCUT2D eigenvalue weighted by molar-refractivity contribution is 0.0992. The maximum atomic E-state index is 13.6. The number of nitrogens with zero attached hydrogens (tertiary/aromatic N) is 1. The number of aryl methyl sites for hydroxylation is 1. The first-order chi connectivity index (χ1) is 12.0. The highest BCUT2D eigenvalue weighted by Gasteiger charge is 2.20. The second kappa shape index (κ2) is 6.93. The van der Waals surface area contributed by atoms with Crippen molar-refractivity contribution in [3.05, 3.63) is 58.9 Å². The summed E-state index contributed by atoms with van der Waals surface area (Å²) in [6, 6.07) is 9.54. The number of anilines is 2. The number of nitrogens with one attached hydrogen (secondary N) is 1. The summed E-state index contributed by atoms with van der Waals surface area (Å²) in [5.41, 5.74) is 7.66. The fourth-order valence-corrected chi connectivity index (χ4v) is 3.06. The molecule has 0 spiro atoms. The van der Waals surface area contributed by atoms with Crippen LogP contribution in [-0.4, -0.2) is 24.9 Å². The standard InChI is InChI=1S/C19H20FN3O2/c1-12-4-7-17(23-8-2-3-9-23)15(10-12)19(25)22-13-5-6-16(20)14(11-13)18(21)24/h4-7,10-11H,2-3,8-9H2,1H3,(H2,21,24)(H,22,25). The predicted molar refractivity (Wildman–Crippen MR) is 95.5 cm³/mol. The van der Waals surface area contributed by atoms with Gasteiger partial charge in [0.05, 0.1) is 11.1 Å². The van der Waals surface area contributed by atoms with Gasteiger partial charge in [-0.25, -0.2) is 4.39 Å². The first kappa shape index (κ1) is 17.0. The molecule has 6 heteroatoms. The van der Waals surface area contributed by atoms with Crippen molar-refractivity contribution in [3.8, 4) is 0 Å². The Morgan fingerprint density at radius 3 is 2.48 bits per heavy atom. The Morgan fingerprint density at radius 1 is 1.08 bits per heavy atom. The second-order valence-corrected chi connectivity index (χ2v) is 6.23. The van der Waals surface area contributed by atoms with Gasteiger partial charge >= 0.3 is 0 Å². The van der Waals surface area contributed by atoms with Crippen LogP contribution in [0.5, 0.6) is 0 Å². The quantitative estimate of drug-likeness (QED) is 0.897. The third-order valence-corrected chi connectivity index (χ3v) is 4.33. The topological polar surface area (TPSA) is 75.4 Å². The molecule has 1 saturated heterocycles. The third-order valence-electron chi connectivity index (χ3n) is 4.33. The van der Waals surface area contributed by atoms with E-state index in [-0.39, 0.29) is 11.5 Å². The maximum Gasteiger partial charge on any atom is 0.257 e. The summed E-state index contributed by atoms with van der Waals surface area (Å²) >= 11 is 0. The first-order valence-corrected chi connectivity index (χ1v) is 8.22. The average Bonchev–Trinajstić information content (AvgIpc) is 3.10. The fourth-order valence-electron chi connectivity index (χ4n) is 3.06. The summed E-state index contributed by atoms with van der Waals surface area (Å²) < 4.78 is 13.6. The Bertz CT molecular complexity index is 829. The van der Waals surface area contributed by atoms with Crippen molar-refractivity contribution < 1.29 is 14.0 Å². The SMILES string of the molecule is Cc1ccc(N2CCCC2)c(C(=O)Nc2ccc(F)c(C(N)=O)c2)c1. The zero-order chi connectivity index (χ0) is 18.0. The molecule has 3 N–H and O–H groups in total. The Hall–Kier alpha value is -2.89. The van der Waals surface area contributed by atoms with E-state index in [1.165, 1.54) is 12.1 Å². The Labute approximate surface area is 145 Å². The third kappa shape index (κ3) is 3.63. The number of nitrogens with two attached hydrogens (primary N) is 1. The zero-order valence-electron chi connectivity index (χ0n) is 14.0. The Balaban J connectivity index is 1.90. The van der Waals surface area contributed by atoms with Crippen LogP contribution in [0.1, 0.15) is 39.1 Å². The van der Waals surface area contributed by atoms with Crippen LogP contribution in [0.15, 0.2) is 36.4 Å². The molecule has 3 rings (SSSR count). The molecule has 0 unspecified atom stereocenters. The van der Waals surface area contributed by atoms with Gasteiger partial charge in [0.25, 0.3) is 11.8 Å². The van der Waals surface area contributed by atoms with Crippen molar-refractivity contribution in [2.24, 2.45) is 5.73 Å². The highest BCUT2D eigenvalue weighted by Crippen LogP contribution is 2.27. The van der Waals surface area contributed by atoms with E-state index in [4.69, 9.17) is 5.73 Å². The van der Waals surface area contributed by atoms with Crippen LogP contribution in [0.3, 0.4) is 0 Å². The lowest BCUT2D eigenvalue weighted by Crippen LogP contribution is -2.23. The average molecular weight is 341 g/mol. The highest BCUT2D eigenvalue weighted by molar-refractivity contribution is 6.08. The minimum absolute atomic E-state index is 0.248. The monoisotopic (exact) mass is 341 g/mol. The van der Waals surface area contributed by atoms with Gasteiger partial charge in [0, 0.05) is 24.5 Å². The molecule has 5 nitrogen and oxygen atoms in total. The van der Waals surface area contributed by atoms with Crippen LogP contribution < -0.4 is 16.0 Å². The Morgan fingerprint density at radius 2 is 1.80 bits per heavy atom. The van der Waals surface area contributed by atoms with Crippen LogP contribution in [0.25, 0.3) is 0 Å². The number of primary amides is 1. The Kier molecular flexibility index (Phi) is 4.70. The molecule has 0 saturated carbocycles. The van der Waals surface area contributed by atoms with Gasteiger partial charge in [-0.05, 0) is 50.1 Å². The molecule has 2 aromatic carbocycles. The van der Waals surface area contributed by atoms with E-state index in [1.807, 2.05) is 25.1 Å². The second-order valence-electron chi connectivity index (χ2n) is 6.23. The molecule has 130 valence electrons.